The Bertz CT molecular complexity index is 803. The Kier molecular flexibility index (Phi) is 5.40. The zero-order valence-corrected chi connectivity index (χ0v) is 12.7. The summed E-state index contributed by atoms with van der Waals surface area (Å²) >= 11 is 0. The van der Waals surface area contributed by atoms with Crippen LogP contribution < -0.4 is 22.1 Å². The number of nitrogens with two attached hydrogens (primary N) is 2. The van der Waals surface area contributed by atoms with Crippen molar-refractivity contribution in [2.75, 3.05) is 10.4 Å². The Morgan fingerprint density at radius 2 is 1.84 bits per heavy atom. The van der Waals surface area contributed by atoms with Gasteiger partial charge in [0, 0.05) is 11.8 Å². The first-order chi connectivity index (χ1) is 11.7. The van der Waals surface area contributed by atoms with Crippen molar-refractivity contribution < 1.29 is 22.4 Å². The SMILES string of the molecule is NN(N)c1cccc(/C=C/C(=O)Nc2ccc(F)c(C(F)(F)F)c2)c1. The van der Waals surface area contributed by atoms with Gasteiger partial charge in [0.05, 0.1) is 11.3 Å². The van der Waals surface area contributed by atoms with Crippen molar-refractivity contribution in [1.82, 2.24) is 0 Å². The van der Waals surface area contributed by atoms with Crippen molar-refractivity contribution in [2.24, 2.45) is 11.7 Å². The molecule has 1 amide bonds. The van der Waals surface area contributed by atoms with E-state index in [1.165, 1.54) is 6.08 Å². The van der Waals surface area contributed by atoms with E-state index in [-0.39, 0.29) is 5.69 Å². The van der Waals surface area contributed by atoms with Crippen LogP contribution in [0.4, 0.5) is 28.9 Å². The molecule has 2 aromatic carbocycles. The Morgan fingerprint density at radius 1 is 1.12 bits per heavy atom. The molecule has 0 aliphatic rings. The van der Waals surface area contributed by atoms with Crippen LogP contribution in [0.15, 0.2) is 48.5 Å². The third-order valence-corrected chi connectivity index (χ3v) is 3.13. The number of carbonyl (C=O) groups excluding carboxylic acids is 1. The van der Waals surface area contributed by atoms with Gasteiger partial charge in [-0.1, -0.05) is 12.1 Å². The molecular weight excluding hydrogens is 340 g/mol. The molecule has 0 atom stereocenters. The second kappa shape index (κ2) is 7.32. The molecular formula is C16H14F4N4O. The van der Waals surface area contributed by atoms with E-state index in [9.17, 15) is 22.4 Å². The summed E-state index contributed by atoms with van der Waals surface area (Å²) in [5.41, 5.74) is -0.528. The highest BCUT2D eigenvalue weighted by molar-refractivity contribution is 6.02. The molecule has 2 aromatic rings. The van der Waals surface area contributed by atoms with Crippen LogP contribution in [0.1, 0.15) is 11.1 Å². The molecule has 0 aliphatic carbocycles. The van der Waals surface area contributed by atoms with E-state index in [0.29, 0.717) is 23.4 Å². The van der Waals surface area contributed by atoms with Crippen molar-refractivity contribution in [3.63, 3.8) is 0 Å². The molecule has 25 heavy (non-hydrogen) atoms. The Labute approximate surface area is 140 Å². The summed E-state index contributed by atoms with van der Waals surface area (Å²) in [6, 6.07) is 8.80. The summed E-state index contributed by atoms with van der Waals surface area (Å²) < 4.78 is 51.1. The molecule has 2 rings (SSSR count). The minimum atomic E-state index is -4.85. The predicted molar refractivity (Wildman–Crippen MR) is 86.4 cm³/mol. The second-order valence-corrected chi connectivity index (χ2v) is 5.02. The first kappa shape index (κ1) is 18.4. The van der Waals surface area contributed by atoms with Crippen molar-refractivity contribution >= 4 is 23.4 Å². The highest BCUT2D eigenvalue weighted by Gasteiger charge is 2.34. The summed E-state index contributed by atoms with van der Waals surface area (Å²) in [4.78, 5) is 11.8. The van der Waals surface area contributed by atoms with Gasteiger partial charge in [0.15, 0.2) is 0 Å². The van der Waals surface area contributed by atoms with Crippen molar-refractivity contribution in [2.45, 2.75) is 6.18 Å². The topological polar surface area (TPSA) is 84.4 Å². The number of anilines is 2. The van der Waals surface area contributed by atoms with Crippen LogP contribution in [0, 0.1) is 5.82 Å². The first-order valence-corrected chi connectivity index (χ1v) is 6.92. The monoisotopic (exact) mass is 354 g/mol. The molecule has 0 radical (unpaired) electrons. The summed E-state index contributed by atoms with van der Waals surface area (Å²) in [5.74, 6) is 8.69. The maximum absolute atomic E-state index is 13.2. The fourth-order valence-corrected chi connectivity index (χ4v) is 1.97. The van der Waals surface area contributed by atoms with Crippen molar-refractivity contribution in [3.8, 4) is 0 Å². The maximum Gasteiger partial charge on any atom is 0.419 e. The Morgan fingerprint density at radius 3 is 2.48 bits per heavy atom. The number of hydrogen-bond acceptors (Lipinski definition) is 4. The van der Waals surface area contributed by atoms with Gasteiger partial charge < -0.3 is 5.32 Å². The van der Waals surface area contributed by atoms with Crippen LogP contribution in [0.5, 0.6) is 0 Å². The van der Waals surface area contributed by atoms with E-state index < -0.39 is 23.5 Å². The van der Waals surface area contributed by atoms with Crippen molar-refractivity contribution in [3.05, 3.63) is 65.5 Å². The largest absolute Gasteiger partial charge is 0.419 e. The van der Waals surface area contributed by atoms with Crippen LogP contribution in [-0.2, 0) is 11.0 Å². The van der Waals surface area contributed by atoms with Gasteiger partial charge in [-0.25, -0.2) is 21.2 Å². The molecule has 0 saturated carbocycles. The molecule has 5 nitrogen and oxygen atoms in total. The zero-order valence-electron chi connectivity index (χ0n) is 12.7. The van der Waals surface area contributed by atoms with Gasteiger partial charge in [-0.05, 0) is 42.0 Å². The van der Waals surface area contributed by atoms with Gasteiger partial charge in [0.25, 0.3) is 0 Å². The van der Waals surface area contributed by atoms with Crippen LogP contribution >= 0.6 is 0 Å². The third-order valence-electron chi connectivity index (χ3n) is 3.13. The van der Waals surface area contributed by atoms with Gasteiger partial charge in [-0.2, -0.15) is 13.2 Å². The number of benzene rings is 2. The number of nitrogens with zero attached hydrogens (tertiary/aromatic N) is 1. The number of hydrogen-bond donors (Lipinski definition) is 3. The lowest BCUT2D eigenvalue weighted by atomic mass is 10.1. The Hall–Kier alpha value is -2.91. The van der Waals surface area contributed by atoms with E-state index in [1.807, 2.05) is 0 Å². The average molecular weight is 354 g/mol. The number of carbonyl (C=O) groups is 1. The lowest BCUT2D eigenvalue weighted by molar-refractivity contribution is -0.140. The molecule has 0 bridgehead atoms. The molecule has 0 spiro atoms. The van der Waals surface area contributed by atoms with E-state index in [4.69, 9.17) is 11.7 Å². The molecule has 0 aliphatic heterocycles. The lowest BCUT2D eigenvalue weighted by Crippen LogP contribution is -2.37. The summed E-state index contributed by atoms with van der Waals surface area (Å²) in [6.45, 7) is 0. The number of amides is 1. The maximum atomic E-state index is 13.2. The predicted octanol–water partition coefficient (Wildman–Crippen LogP) is 3.05. The van der Waals surface area contributed by atoms with E-state index in [0.717, 1.165) is 17.3 Å². The van der Waals surface area contributed by atoms with Crippen LogP contribution in [0.2, 0.25) is 0 Å². The minimum absolute atomic E-state index is 0.174. The lowest BCUT2D eigenvalue weighted by Gasteiger charge is -2.11. The standard InChI is InChI=1S/C16H14F4N4O/c17-14-6-5-11(9-13(14)16(18,19)20)23-15(25)7-4-10-2-1-3-12(8-10)24(21)22/h1-9H,21-22H2,(H,23,25)/b7-4+. The first-order valence-electron chi connectivity index (χ1n) is 6.92. The molecule has 0 heterocycles. The van der Waals surface area contributed by atoms with Crippen LogP contribution in [-0.4, -0.2) is 5.91 Å². The fourth-order valence-electron chi connectivity index (χ4n) is 1.97. The second-order valence-electron chi connectivity index (χ2n) is 5.02. The summed E-state index contributed by atoms with van der Waals surface area (Å²) in [7, 11) is 0. The van der Waals surface area contributed by atoms with E-state index in [1.54, 1.807) is 24.3 Å². The highest BCUT2D eigenvalue weighted by Crippen LogP contribution is 2.33. The highest BCUT2D eigenvalue weighted by atomic mass is 19.4. The molecule has 0 saturated heterocycles. The number of alkyl halides is 3. The molecule has 9 heteroatoms. The van der Waals surface area contributed by atoms with E-state index in [2.05, 4.69) is 5.32 Å². The van der Waals surface area contributed by atoms with Crippen LogP contribution in [0.3, 0.4) is 0 Å². The summed E-state index contributed by atoms with van der Waals surface area (Å²) in [6.07, 6.45) is -2.30. The summed E-state index contributed by atoms with van der Waals surface area (Å²) in [5, 5.41) is 3.13. The molecule has 0 aromatic heterocycles. The number of nitrogens with one attached hydrogen (secondary N) is 1. The molecule has 5 N–H and O–H groups in total. The fraction of sp³-hybridized carbons (Fsp3) is 0.0625. The van der Waals surface area contributed by atoms with Gasteiger partial charge in [-0.15, -0.1) is 0 Å². The zero-order chi connectivity index (χ0) is 18.6. The normalized spacial score (nSPS) is 11.6. The molecule has 132 valence electrons. The number of hydrazine groups is 2. The van der Waals surface area contributed by atoms with Gasteiger partial charge in [0.2, 0.25) is 5.91 Å². The number of halogens is 4. The minimum Gasteiger partial charge on any atom is -0.322 e. The number of rotatable bonds is 4. The van der Waals surface area contributed by atoms with Crippen LogP contribution in [0.25, 0.3) is 6.08 Å². The molecule has 0 unspecified atom stereocenters. The van der Waals surface area contributed by atoms with Gasteiger partial charge in [-0.3, -0.25) is 4.79 Å². The third kappa shape index (κ3) is 5.03. The quantitative estimate of drug-likeness (QED) is 0.341. The Balaban J connectivity index is 2.11. The average Bonchev–Trinajstić information content (AvgIpc) is 2.54. The van der Waals surface area contributed by atoms with Gasteiger partial charge >= 0.3 is 6.18 Å². The van der Waals surface area contributed by atoms with Crippen molar-refractivity contribution in [1.29, 1.82) is 0 Å². The van der Waals surface area contributed by atoms with E-state index >= 15 is 0 Å². The molecule has 0 fully saturated rings. The smallest absolute Gasteiger partial charge is 0.322 e. The van der Waals surface area contributed by atoms with Gasteiger partial charge in [0.1, 0.15) is 5.82 Å².